The van der Waals surface area contributed by atoms with Crippen molar-refractivity contribution in [3.8, 4) is 0 Å². The Kier molecular flexibility index (Phi) is 2.51. The molecule has 1 fully saturated rings. The number of hydrogen-bond donors (Lipinski definition) is 1. The van der Waals surface area contributed by atoms with Crippen molar-refractivity contribution in [3.05, 3.63) is 34.6 Å². The molecule has 2 rings (SSSR count). The molecule has 0 radical (unpaired) electrons. The summed E-state index contributed by atoms with van der Waals surface area (Å²) in [5.41, 5.74) is 0.627. The second kappa shape index (κ2) is 3.64. The number of nitrogens with one attached hydrogen (secondary N) is 1. The fourth-order valence-corrected chi connectivity index (χ4v) is 2.07. The molecule has 1 aliphatic rings. The molecule has 0 amide bonds. The largest absolute Gasteiger partial charge is 0.310 e. The quantitative estimate of drug-likeness (QED) is 0.734. The summed E-state index contributed by atoms with van der Waals surface area (Å²) in [5, 5.41) is 3.76. The predicted octanol–water partition coefficient (Wildman–Crippen LogP) is 2.90. The van der Waals surface area contributed by atoms with Crippen molar-refractivity contribution in [1.29, 1.82) is 0 Å². The molecule has 1 aromatic carbocycles. The fourth-order valence-electron chi connectivity index (χ4n) is 1.77. The van der Waals surface area contributed by atoms with Gasteiger partial charge in [0, 0.05) is 16.6 Å². The Labute approximate surface area is 81.9 Å². The van der Waals surface area contributed by atoms with E-state index < -0.39 is 0 Å². The van der Waals surface area contributed by atoms with Crippen LogP contribution in [-0.2, 0) is 0 Å². The van der Waals surface area contributed by atoms with Crippen LogP contribution in [0.2, 0.25) is 5.02 Å². The van der Waals surface area contributed by atoms with Crippen LogP contribution in [0.15, 0.2) is 18.2 Å². The van der Waals surface area contributed by atoms with E-state index in [4.69, 9.17) is 11.6 Å². The molecule has 1 aromatic rings. The first-order chi connectivity index (χ1) is 6.29. The van der Waals surface area contributed by atoms with Crippen LogP contribution in [-0.4, -0.2) is 6.54 Å². The molecular weight excluding hydrogens is 189 g/mol. The zero-order valence-electron chi connectivity index (χ0n) is 7.19. The van der Waals surface area contributed by atoms with E-state index in [0.29, 0.717) is 10.6 Å². The van der Waals surface area contributed by atoms with E-state index in [2.05, 4.69) is 5.32 Å². The molecular formula is C10H11ClFN. The van der Waals surface area contributed by atoms with Crippen molar-refractivity contribution in [2.75, 3.05) is 6.54 Å². The number of halogens is 2. The normalized spacial score (nSPS) is 22.2. The van der Waals surface area contributed by atoms with Crippen LogP contribution >= 0.6 is 11.6 Å². The monoisotopic (exact) mass is 199 g/mol. The molecule has 3 heteroatoms. The van der Waals surface area contributed by atoms with Crippen LogP contribution in [0.4, 0.5) is 4.39 Å². The van der Waals surface area contributed by atoms with Crippen LogP contribution in [0.25, 0.3) is 0 Å². The highest BCUT2D eigenvalue weighted by Gasteiger charge is 2.21. The molecule has 0 aliphatic carbocycles. The summed E-state index contributed by atoms with van der Waals surface area (Å²) in [5.74, 6) is -0.202. The second-order valence-electron chi connectivity index (χ2n) is 3.28. The van der Waals surface area contributed by atoms with Gasteiger partial charge in [-0.25, -0.2) is 4.39 Å². The van der Waals surface area contributed by atoms with Crippen molar-refractivity contribution in [3.63, 3.8) is 0 Å². The Morgan fingerprint density at radius 3 is 2.92 bits per heavy atom. The van der Waals surface area contributed by atoms with E-state index in [1.807, 2.05) is 0 Å². The van der Waals surface area contributed by atoms with Crippen molar-refractivity contribution in [1.82, 2.24) is 5.32 Å². The van der Waals surface area contributed by atoms with Crippen LogP contribution in [0, 0.1) is 5.82 Å². The van der Waals surface area contributed by atoms with Gasteiger partial charge in [-0.05, 0) is 31.5 Å². The van der Waals surface area contributed by atoms with Gasteiger partial charge in [0.25, 0.3) is 0 Å². The molecule has 1 N–H and O–H groups in total. The SMILES string of the molecule is Fc1cccc(Cl)c1[C@H]1CCCN1. The van der Waals surface area contributed by atoms with E-state index in [-0.39, 0.29) is 11.9 Å². The van der Waals surface area contributed by atoms with Gasteiger partial charge in [0.05, 0.1) is 0 Å². The van der Waals surface area contributed by atoms with Gasteiger partial charge in [-0.1, -0.05) is 17.7 Å². The molecule has 70 valence electrons. The molecule has 1 aliphatic heterocycles. The van der Waals surface area contributed by atoms with Crippen molar-refractivity contribution in [2.45, 2.75) is 18.9 Å². The number of benzene rings is 1. The topological polar surface area (TPSA) is 12.0 Å². The fraction of sp³-hybridized carbons (Fsp3) is 0.400. The standard InChI is InChI=1S/C10H11ClFN/c11-7-3-1-4-8(12)10(7)9-5-2-6-13-9/h1,3-4,9,13H,2,5-6H2/t9-/m1/s1. The van der Waals surface area contributed by atoms with Crippen molar-refractivity contribution < 1.29 is 4.39 Å². The van der Waals surface area contributed by atoms with E-state index in [9.17, 15) is 4.39 Å². The molecule has 0 bridgehead atoms. The van der Waals surface area contributed by atoms with Gasteiger partial charge in [-0.3, -0.25) is 0 Å². The summed E-state index contributed by atoms with van der Waals surface area (Å²) >= 11 is 5.93. The van der Waals surface area contributed by atoms with Crippen LogP contribution in [0.1, 0.15) is 24.4 Å². The first kappa shape index (κ1) is 8.97. The molecule has 0 unspecified atom stereocenters. The highest BCUT2D eigenvalue weighted by atomic mass is 35.5. The van der Waals surface area contributed by atoms with Crippen LogP contribution in [0.3, 0.4) is 0 Å². The van der Waals surface area contributed by atoms with Crippen LogP contribution in [0.5, 0.6) is 0 Å². The maximum absolute atomic E-state index is 13.4. The zero-order chi connectivity index (χ0) is 9.26. The minimum absolute atomic E-state index is 0.105. The summed E-state index contributed by atoms with van der Waals surface area (Å²) in [6.45, 7) is 0.954. The Morgan fingerprint density at radius 2 is 2.31 bits per heavy atom. The third kappa shape index (κ3) is 1.69. The summed E-state index contributed by atoms with van der Waals surface area (Å²) < 4.78 is 13.4. The van der Waals surface area contributed by atoms with Gasteiger partial charge in [-0.2, -0.15) is 0 Å². The Hall–Kier alpha value is -0.600. The Balaban J connectivity index is 2.37. The van der Waals surface area contributed by atoms with E-state index >= 15 is 0 Å². The molecule has 1 atom stereocenters. The summed E-state index contributed by atoms with van der Waals surface area (Å²) in [7, 11) is 0. The molecule has 1 saturated heterocycles. The second-order valence-corrected chi connectivity index (χ2v) is 3.69. The Bertz CT molecular complexity index is 288. The third-order valence-electron chi connectivity index (χ3n) is 2.41. The zero-order valence-corrected chi connectivity index (χ0v) is 7.94. The van der Waals surface area contributed by atoms with Gasteiger partial charge in [0.1, 0.15) is 5.82 Å². The third-order valence-corrected chi connectivity index (χ3v) is 2.74. The molecule has 1 nitrogen and oxygen atoms in total. The molecule has 0 spiro atoms. The maximum atomic E-state index is 13.4. The maximum Gasteiger partial charge on any atom is 0.129 e. The lowest BCUT2D eigenvalue weighted by Gasteiger charge is -2.12. The lowest BCUT2D eigenvalue weighted by Crippen LogP contribution is -2.14. The lowest BCUT2D eigenvalue weighted by molar-refractivity contribution is 0.559. The molecule has 13 heavy (non-hydrogen) atoms. The molecule has 0 saturated carbocycles. The van der Waals surface area contributed by atoms with E-state index in [1.54, 1.807) is 12.1 Å². The number of hydrogen-bond acceptors (Lipinski definition) is 1. The van der Waals surface area contributed by atoms with Gasteiger partial charge < -0.3 is 5.32 Å². The first-order valence-electron chi connectivity index (χ1n) is 4.46. The number of rotatable bonds is 1. The average molecular weight is 200 g/mol. The summed E-state index contributed by atoms with van der Waals surface area (Å²) in [6.07, 6.45) is 2.07. The van der Waals surface area contributed by atoms with E-state index in [0.717, 1.165) is 19.4 Å². The summed E-state index contributed by atoms with van der Waals surface area (Å²) in [4.78, 5) is 0. The minimum Gasteiger partial charge on any atom is -0.310 e. The van der Waals surface area contributed by atoms with Gasteiger partial charge in [-0.15, -0.1) is 0 Å². The minimum atomic E-state index is -0.202. The van der Waals surface area contributed by atoms with E-state index in [1.165, 1.54) is 6.07 Å². The first-order valence-corrected chi connectivity index (χ1v) is 4.84. The summed E-state index contributed by atoms with van der Waals surface area (Å²) in [6, 6.07) is 4.94. The Morgan fingerprint density at radius 1 is 1.46 bits per heavy atom. The van der Waals surface area contributed by atoms with Crippen molar-refractivity contribution in [2.24, 2.45) is 0 Å². The van der Waals surface area contributed by atoms with Crippen LogP contribution < -0.4 is 5.32 Å². The smallest absolute Gasteiger partial charge is 0.129 e. The lowest BCUT2D eigenvalue weighted by atomic mass is 10.0. The van der Waals surface area contributed by atoms with Gasteiger partial charge >= 0.3 is 0 Å². The molecule has 0 aromatic heterocycles. The van der Waals surface area contributed by atoms with Gasteiger partial charge in [0.15, 0.2) is 0 Å². The van der Waals surface area contributed by atoms with Gasteiger partial charge in [0.2, 0.25) is 0 Å². The average Bonchev–Trinajstić information content (AvgIpc) is 2.57. The highest BCUT2D eigenvalue weighted by Crippen LogP contribution is 2.30. The van der Waals surface area contributed by atoms with Crippen molar-refractivity contribution >= 4 is 11.6 Å². The highest BCUT2D eigenvalue weighted by molar-refractivity contribution is 6.31. The predicted molar refractivity (Wildman–Crippen MR) is 51.4 cm³/mol. The molecule has 1 heterocycles.